The number of urea groups is 1. The molecule has 0 spiro atoms. The summed E-state index contributed by atoms with van der Waals surface area (Å²) in [5.74, 6) is -0.572. The number of alkyl halides is 3. The van der Waals surface area contributed by atoms with Crippen molar-refractivity contribution < 1.29 is 22.4 Å². The van der Waals surface area contributed by atoms with E-state index < -0.39 is 29.3 Å². The quantitative estimate of drug-likeness (QED) is 0.278. The number of hydrogen-bond donors (Lipinski definition) is 4. The minimum Gasteiger partial charge on any atom is -0.382 e. The lowest BCUT2D eigenvalue weighted by molar-refractivity contribution is -0.137. The fraction of sp³-hybridized carbons (Fsp3) is 0.0476. The summed E-state index contributed by atoms with van der Waals surface area (Å²) in [5.41, 5.74) is 7.01. The Labute approximate surface area is 185 Å². The van der Waals surface area contributed by atoms with Crippen LogP contribution in [0.1, 0.15) is 5.56 Å². The number of H-pyrrole nitrogens is 1. The predicted octanol–water partition coefficient (Wildman–Crippen LogP) is 6.04. The molecule has 166 valence electrons. The van der Waals surface area contributed by atoms with E-state index in [1.165, 1.54) is 0 Å². The Morgan fingerprint density at radius 1 is 0.938 bits per heavy atom. The first-order valence-electron chi connectivity index (χ1n) is 8.99. The Morgan fingerprint density at radius 3 is 2.31 bits per heavy atom. The number of rotatable bonds is 3. The number of aromatic nitrogens is 2. The van der Waals surface area contributed by atoms with E-state index in [4.69, 9.17) is 5.73 Å². The molecule has 0 unspecified atom stereocenters. The van der Waals surface area contributed by atoms with Crippen molar-refractivity contribution in [3.63, 3.8) is 0 Å². The van der Waals surface area contributed by atoms with Crippen LogP contribution in [0.2, 0.25) is 0 Å². The number of halogens is 5. The number of carbonyl (C=O) groups is 1. The largest absolute Gasteiger partial charge is 0.416 e. The molecular formula is C21H16ClF4N5O. The molecule has 0 fully saturated rings. The molecule has 0 radical (unpaired) electrons. The van der Waals surface area contributed by atoms with Crippen molar-refractivity contribution in [1.82, 2.24) is 10.2 Å². The lowest BCUT2D eigenvalue weighted by Crippen LogP contribution is -2.20. The van der Waals surface area contributed by atoms with E-state index in [0.717, 1.165) is 22.0 Å². The number of hydrogen-bond acceptors (Lipinski definition) is 3. The van der Waals surface area contributed by atoms with Crippen molar-refractivity contribution in [1.29, 1.82) is 0 Å². The van der Waals surface area contributed by atoms with E-state index in [2.05, 4.69) is 20.8 Å². The molecule has 0 bridgehead atoms. The van der Waals surface area contributed by atoms with Crippen molar-refractivity contribution in [2.75, 3.05) is 16.4 Å². The summed E-state index contributed by atoms with van der Waals surface area (Å²) in [6.45, 7) is 0. The third-order valence-corrected chi connectivity index (χ3v) is 4.61. The molecule has 0 aliphatic heterocycles. The maximum absolute atomic E-state index is 13.8. The van der Waals surface area contributed by atoms with Crippen LogP contribution in [0.15, 0.2) is 60.7 Å². The molecule has 0 aliphatic rings. The molecule has 5 N–H and O–H groups in total. The molecular weight excluding hydrogens is 450 g/mol. The summed E-state index contributed by atoms with van der Waals surface area (Å²) in [7, 11) is 0. The molecule has 11 heteroatoms. The Hall–Kier alpha value is -3.79. The first kappa shape index (κ1) is 22.9. The van der Waals surface area contributed by atoms with Crippen molar-refractivity contribution in [3.8, 4) is 11.1 Å². The normalized spacial score (nSPS) is 11.1. The van der Waals surface area contributed by atoms with Gasteiger partial charge >= 0.3 is 12.2 Å². The SMILES string of the molecule is Cl.Nc1n[nH]c2cc(-c3ccc(NC(=O)Nc4cc(C(F)(F)F)ccc4F)cc3)ccc12. The number of nitrogen functional groups attached to an aromatic ring is 1. The summed E-state index contributed by atoms with van der Waals surface area (Å²) in [6.07, 6.45) is -4.65. The zero-order chi connectivity index (χ0) is 22.2. The molecule has 0 saturated carbocycles. The maximum Gasteiger partial charge on any atom is 0.416 e. The standard InChI is InChI=1S/C21H15F4N5O.ClH/c22-16-8-4-13(21(23,24)25)10-18(16)28-20(31)27-14-5-1-11(2-6-14)12-3-7-15-17(9-12)29-30-19(15)26;/h1-10H,(H3,26,29,30)(H2,27,28,31);1H. The highest BCUT2D eigenvalue weighted by Crippen LogP contribution is 2.32. The molecule has 4 rings (SSSR count). The van der Waals surface area contributed by atoms with Gasteiger partial charge in [-0.3, -0.25) is 5.10 Å². The second-order valence-corrected chi connectivity index (χ2v) is 6.72. The fourth-order valence-corrected chi connectivity index (χ4v) is 3.05. The molecule has 32 heavy (non-hydrogen) atoms. The summed E-state index contributed by atoms with van der Waals surface area (Å²) >= 11 is 0. The first-order valence-corrected chi connectivity index (χ1v) is 8.99. The zero-order valence-corrected chi connectivity index (χ0v) is 16.9. The Bertz CT molecular complexity index is 1270. The zero-order valence-electron chi connectivity index (χ0n) is 16.1. The van der Waals surface area contributed by atoms with Gasteiger partial charge in [0.1, 0.15) is 5.82 Å². The molecule has 3 aromatic carbocycles. The third kappa shape index (κ3) is 4.75. The summed E-state index contributed by atoms with van der Waals surface area (Å²) < 4.78 is 52.1. The lowest BCUT2D eigenvalue weighted by Gasteiger charge is -2.12. The lowest BCUT2D eigenvalue weighted by atomic mass is 10.0. The van der Waals surface area contributed by atoms with Gasteiger partial charge in [0.15, 0.2) is 5.82 Å². The van der Waals surface area contributed by atoms with Crippen molar-refractivity contribution >= 4 is 46.5 Å². The van der Waals surface area contributed by atoms with E-state index >= 15 is 0 Å². The number of carbonyl (C=O) groups excluding carboxylic acids is 1. The molecule has 6 nitrogen and oxygen atoms in total. The second kappa shape index (κ2) is 8.75. The minimum atomic E-state index is -4.65. The second-order valence-electron chi connectivity index (χ2n) is 6.72. The summed E-state index contributed by atoms with van der Waals surface area (Å²) in [6, 6.07) is 13.2. The van der Waals surface area contributed by atoms with E-state index in [1.54, 1.807) is 24.3 Å². The maximum atomic E-state index is 13.8. The van der Waals surface area contributed by atoms with E-state index in [0.29, 0.717) is 29.7 Å². The molecule has 1 heterocycles. The molecule has 2 amide bonds. The number of nitrogens with one attached hydrogen (secondary N) is 3. The van der Waals surface area contributed by atoms with E-state index in [1.807, 2.05) is 18.2 Å². The minimum absolute atomic E-state index is 0. The average Bonchev–Trinajstić information content (AvgIpc) is 3.09. The number of nitrogens with zero attached hydrogens (tertiary/aromatic N) is 1. The van der Waals surface area contributed by atoms with Crippen LogP contribution in [0.5, 0.6) is 0 Å². The number of aromatic amines is 1. The van der Waals surface area contributed by atoms with Gasteiger partial charge in [0, 0.05) is 11.1 Å². The van der Waals surface area contributed by atoms with Crippen LogP contribution < -0.4 is 16.4 Å². The number of anilines is 3. The van der Waals surface area contributed by atoms with Gasteiger partial charge in [0.2, 0.25) is 0 Å². The Morgan fingerprint density at radius 2 is 1.62 bits per heavy atom. The van der Waals surface area contributed by atoms with Crippen LogP contribution in [0.4, 0.5) is 39.5 Å². The highest BCUT2D eigenvalue weighted by Gasteiger charge is 2.31. The van der Waals surface area contributed by atoms with Crippen molar-refractivity contribution in [2.24, 2.45) is 0 Å². The highest BCUT2D eigenvalue weighted by molar-refractivity contribution is 6.00. The average molecular weight is 466 g/mol. The van der Waals surface area contributed by atoms with Gasteiger partial charge in [0.05, 0.1) is 16.8 Å². The molecule has 0 atom stereocenters. The van der Waals surface area contributed by atoms with Gasteiger partial charge in [-0.25, -0.2) is 9.18 Å². The molecule has 0 saturated heterocycles. The van der Waals surface area contributed by atoms with Crippen molar-refractivity contribution in [2.45, 2.75) is 6.18 Å². The van der Waals surface area contributed by atoms with Crippen molar-refractivity contribution in [3.05, 3.63) is 72.0 Å². The predicted molar refractivity (Wildman–Crippen MR) is 117 cm³/mol. The van der Waals surface area contributed by atoms with Crippen LogP contribution in [0.25, 0.3) is 22.0 Å². The summed E-state index contributed by atoms with van der Waals surface area (Å²) in [4.78, 5) is 12.1. The molecule has 0 aliphatic carbocycles. The third-order valence-electron chi connectivity index (χ3n) is 4.61. The Balaban J connectivity index is 0.00000289. The highest BCUT2D eigenvalue weighted by atomic mass is 35.5. The van der Waals surface area contributed by atoms with Gasteiger partial charge in [-0.1, -0.05) is 18.2 Å². The van der Waals surface area contributed by atoms with Crippen LogP contribution >= 0.6 is 12.4 Å². The molecule has 1 aromatic heterocycles. The molecule has 4 aromatic rings. The summed E-state index contributed by atoms with van der Waals surface area (Å²) in [5, 5.41) is 12.1. The van der Waals surface area contributed by atoms with Gasteiger partial charge < -0.3 is 16.4 Å². The van der Waals surface area contributed by atoms with Crippen LogP contribution in [0, 0.1) is 5.82 Å². The first-order chi connectivity index (χ1) is 14.7. The van der Waals surface area contributed by atoms with Crippen LogP contribution in [-0.4, -0.2) is 16.2 Å². The van der Waals surface area contributed by atoms with E-state index in [-0.39, 0.29) is 12.4 Å². The monoisotopic (exact) mass is 465 g/mol. The van der Waals surface area contributed by atoms with Crippen LogP contribution in [-0.2, 0) is 6.18 Å². The van der Waals surface area contributed by atoms with Gasteiger partial charge in [0.25, 0.3) is 0 Å². The number of amides is 2. The number of nitrogens with two attached hydrogens (primary N) is 1. The number of fused-ring (bicyclic) bond motifs is 1. The van der Waals surface area contributed by atoms with Gasteiger partial charge in [-0.2, -0.15) is 18.3 Å². The smallest absolute Gasteiger partial charge is 0.382 e. The van der Waals surface area contributed by atoms with Gasteiger partial charge in [-0.15, -0.1) is 12.4 Å². The topological polar surface area (TPSA) is 95.8 Å². The Kier molecular flexibility index (Phi) is 6.26. The van der Waals surface area contributed by atoms with Crippen LogP contribution in [0.3, 0.4) is 0 Å². The fourth-order valence-electron chi connectivity index (χ4n) is 3.05. The van der Waals surface area contributed by atoms with Gasteiger partial charge in [-0.05, 0) is 53.6 Å². The van der Waals surface area contributed by atoms with E-state index in [9.17, 15) is 22.4 Å². The number of benzene rings is 3.